The van der Waals surface area contributed by atoms with E-state index in [1.807, 2.05) is 19.1 Å². The number of hydrogen-bond donors (Lipinski definition) is 0. The van der Waals surface area contributed by atoms with Crippen LogP contribution in [0.25, 0.3) is 10.4 Å². The molecular formula is C23H23FN2O2S. The molecule has 29 heavy (non-hydrogen) atoms. The van der Waals surface area contributed by atoms with Gasteiger partial charge in [0.2, 0.25) is 0 Å². The molecule has 3 aromatic rings. The maximum absolute atomic E-state index is 14.0. The molecule has 0 saturated heterocycles. The third-order valence-corrected chi connectivity index (χ3v) is 5.71. The van der Waals surface area contributed by atoms with E-state index in [0.717, 1.165) is 10.4 Å². The Bertz CT molecular complexity index is 1010. The van der Waals surface area contributed by atoms with Gasteiger partial charge in [-0.1, -0.05) is 30.3 Å². The third-order valence-electron chi connectivity index (χ3n) is 4.61. The summed E-state index contributed by atoms with van der Waals surface area (Å²) in [6.45, 7) is 2.91. The first-order valence-corrected chi connectivity index (χ1v) is 10.2. The van der Waals surface area contributed by atoms with Gasteiger partial charge in [0.15, 0.2) is 0 Å². The van der Waals surface area contributed by atoms with Crippen molar-refractivity contribution < 1.29 is 14.0 Å². The molecule has 3 rings (SSSR count). The van der Waals surface area contributed by atoms with Crippen molar-refractivity contribution in [1.29, 1.82) is 0 Å². The van der Waals surface area contributed by atoms with Gasteiger partial charge in [-0.25, -0.2) is 4.39 Å². The highest BCUT2D eigenvalue weighted by Crippen LogP contribution is 2.30. The molecule has 0 unspecified atom stereocenters. The molecule has 2 amide bonds. The van der Waals surface area contributed by atoms with E-state index in [-0.39, 0.29) is 17.6 Å². The fourth-order valence-electron chi connectivity index (χ4n) is 2.97. The fourth-order valence-corrected chi connectivity index (χ4v) is 3.97. The molecule has 0 radical (unpaired) electrons. The quantitative estimate of drug-likeness (QED) is 0.579. The molecule has 0 aliphatic heterocycles. The molecule has 1 aromatic heterocycles. The van der Waals surface area contributed by atoms with E-state index < -0.39 is 0 Å². The lowest BCUT2D eigenvalue weighted by atomic mass is 10.1. The van der Waals surface area contributed by atoms with Crippen molar-refractivity contribution in [3.05, 3.63) is 82.5 Å². The van der Waals surface area contributed by atoms with Gasteiger partial charge in [-0.3, -0.25) is 9.59 Å². The predicted octanol–water partition coefficient (Wildman–Crippen LogP) is 4.92. The first-order chi connectivity index (χ1) is 13.9. The molecular weight excluding hydrogens is 387 g/mol. The number of carbonyl (C=O) groups excluding carboxylic acids is 2. The second-order valence-electron chi connectivity index (χ2n) is 6.86. The molecule has 150 valence electrons. The number of thiophene rings is 1. The Labute approximate surface area is 174 Å². The maximum atomic E-state index is 14.0. The number of rotatable bonds is 6. The van der Waals surface area contributed by atoms with E-state index in [1.54, 1.807) is 61.5 Å². The molecule has 0 fully saturated rings. The summed E-state index contributed by atoms with van der Waals surface area (Å²) in [7, 11) is 3.43. The standard InChI is InChI=1S/C23H23FN2O2S/c1-4-26(15-16-9-11-17(12-10-16)22(27)25(2)3)23(28)21-14-13-20(29-21)18-7-5-6-8-19(18)24/h5-14H,4,15H2,1-3H3. The zero-order chi connectivity index (χ0) is 21.0. The van der Waals surface area contributed by atoms with Crippen LogP contribution < -0.4 is 0 Å². The summed E-state index contributed by atoms with van der Waals surface area (Å²) in [6.07, 6.45) is 0. The summed E-state index contributed by atoms with van der Waals surface area (Å²) in [5.74, 6) is -0.444. The Kier molecular flexibility index (Phi) is 6.44. The van der Waals surface area contributed by atoms with Crippen LogP contribution in [0.15, 0.2) is 60.7 Å². The summed E-state index contributed by atoms with van der Waals surface area (Å²) in [4.78, 5) is 29.5. The van der Waals surface area contributed by atoms with Crippen LogP contribution in [0.1, 0.15) is 32.5 Å². The van der Waals surface area contributed by atoms with E-state index in [1.165, 1.54) is 22.3 Å². The number of amides is 2. The minimum atomic E-state index is -0.298. The summed E-state index contributed by atoms with van der Waals surface area (Å²) < 4.78 is 14.0. The summed E-state index contributed by atoms with van der Waals surface area (Å²) in [5, 5.41) is 0. The molecule has 2 aromatic carbocycles. The van der Waals surface area contributed by atoms with Crippen molar-refractivity contribution in [3.8, 4) is 10.4 Å². The highest BCUT2D eigenvalue weighted by molar-refractivity contribution is 7.17. The van der Waals surface area contributed by atoms with Gasteiger partial charge in [0.05, 0.1) is 4.88 Å². The van der Waals surface area contributed by atoms with Gasteiger partial charge in [-0.2, -0.15) is 0 Å². The molecule has 6 heteroatoms. The zero-order valence-electron chi connectivity index (χ0n) is 16.7. The van der Waals surface area contributed by atoms with Crippen LogP contribution in [0.2, 0.25) is 0 Å². The lowest BCUT2D eigenvalue weighted by Crippen LogP contribution is -2.29. The Balaban J connectivity index is 1.74. The molecule has 1 heterocycles. The second kappa shape index (κ2) is 9.01. The molecule has 0 atom stereocenters. The van der Waals surface area contributed by atoms with Crippen molar-refractivity contribution in [2.45, 2.75) is 13.5 Å². The third kappa shape index (κ3) is 4.71. The van der Waals surface area contributed by atoms with Crippen molar-refractivity contribution in [2.75, 3.05) is 20.6 Å². The summed E-state index contributed by atoms with van der Waals surface area (Å²) in [6, 6.07) is 17.4. The predicted molar refractivity (Wildman–Crippen MR) is 115 cm³/mol. The van der Waals surface area contributed by atoms with Crippen molar-refractivity contribution in [2.24, 2.45) is 0 Å². The first-order valence-electron chi connectivity index (χ1n) is 9.35. The Morgan fingerprint density at radius 3 is 2.24 bits per heavy atom. The number of nitrogens with zero attached hydrogens (tertiary/aromatic N) is 2. The van der Waals surface area contributed by atoms with Gasteiger partial charge < -0.3 is 9.80 Å². The van der Waals surface area contributed by atoms with Gasteiger partial charge in [0.25, 0.3) is 11.8 Å². The normalized spacial score (nSPS) is 10.6. The van der Waals surface area contributed by atoms with Crippen LogP contribution in [-0.4, -0.2) is 42.3 Å². The highest BCUT2D eigenvalue weighted by atomic mass is 32.1. The fraction of sp³-hybridized carbons (Fsp3) is 0.217. The Morgan fingerprint density at radius 1 is 0.931 bits per heavy atom. The molecule has 0 saturated carbocycles. The Morgan fingerprint density at radius 2 is 1.62 bits per heavy atom. The molecule has 0 bridgehead atoms. The van der Waals surface area contributed by atoms with Gasteiger partial charge in [0.1, 0.15) is 5.82 Å². The van der Waals surface area contributed by atoms with Crippen molar-refractivity contribution in [3.63, 3.8) is 0 Å². The lowest BCUT2D eigenvalue weighted by molar-refractivity contribution is 0.0756. The van der Waals surface area contributed by atoms with Crippen LogP contribution in [0, 0.1) is 5.82 Å². The minimum absolute atomic E-state index is 0.0563. The smallest absolute Gasteiger partial charge is 0.264 e. The van der Waals surface area contributed by atoms with Crippen LogP contribution in [0.5, 0.6) is 0 Å². The zero-order valence-corrected chi connectivity index (χ0v) is 17.5. The molecule has 4 nitrogen and oxygen atoms in total. The number of benzene rings is 2. The van der Waals surface area contributed by atoms with Gasteiger partial charge >= 0.3 is 0 Å². The first kappa shape index (κ1) is 20.7. The Hall–Kier alpha value is -2.99. The topological polar surface area (TPSA) is 40.6 Å². The summed E-state index contributed by atoms with van der Waals surface area (Å²) in [5.41, 5.74) is 2.06. The van der Waals surface area contributed by atoms with Crippen LogP contribution in [-0.2, 0) is 6.54 Å². The van der Waals surface area contributed by atoms with E-state index >= 15 is 0 Å². The minimum Gasteiger partial charge on any atom is -0.345 e. The van der Waals surface area contributed by atoms with Gasteiger partial charge in [-0.05, 0) is 42.8 Å². The van der Waals surface area contributed by atoms with Gasteiger partial charge in [-0.15, -0.1) is 11.3 Å². The largest absolute Gasteiger partial charge is 0.345 e. The monoisotopic (exact) mass is 410 g/mol. The van der Waals surface area contributed by atoms with Crippen molar-refractivity contribution in [1.82, 2.24) is 9.80 Å². The van der Waals surface area contributed by atoms with Crippen LogP contribution in [0.3, 0.4) is 0 Å². The maximum Gasteiger partial charge on any atom is 0.264 e. The second-order valence-corrected chi connectivity index (χ2v) is 7.94. The summed E-state index contributed by atoms with van der Waals surface area (Å²) >= 11 is 1.29. The number of carbonyl (C=O) groups is 2. The lowest BCUT2D eigenvalue weighted by Gasteiger charge is -2.20. The molecule has 0 aliphatic carbocycles. The van der Waals surface area contributed by atoms with Crippen LogP contribution in [0.4, 0.5) is 4.39 Å². The van der Waals surface area contributed by atoms with E-state index in [0.29, 0.717) is 29.1 Å². The average molecular weight is 411 g/mol. The van der Waals surface area contributed by atoms with Crippen LogP contribution >= 0.6 is 11.3 Å². The molecule has 0 spiro atoms. The number of halogens is 1. The highest BCUT2D eigenvalue weighted by Gasteiger charge is 2.18. The number of hydrogen-bond acceptors (Lipinski definition) is 3. The van der Waals surface area contributed by atoms with Gasteiger partial charge in [0, 0.05) is 43.2 Å². The van der Waals surface area contributed by atoms with E-state index in [4.69, 9.17) is 0 Å². The molecule has 0 aliphatic rings. The van der Waals surface area contributed by atoms with E-state index in [2.05, 4.69) is 0 Å². The SMILES string of the molecule is CCN(Cc1ccc(C(=O)N(C)C)cc1)C(=O)c1ccc(-c2ccccc2F)s1. The average Bonchev–Trinajstić information content (AvgIpc) is 3.21. The molecule has 0 N–H and O–H groups in total. The van der Waals surface area contributed by atoms with Crippen molar-refractivity contribution >= 4 is 23.2 Å². The van der Waals surface area contributed by atoms with E-state index in [9.17, 15) is 14.0 Å².